The molecule has 1 N–H and O–H groups in total. The second-order valence-corrected chi connectivity index (χ2v) is 9.23. The molecule has 1 fully saturated rings. The Kier molecular flexibility index (Phi) is 6.29. The first-order valence-corrected chi connectivity index (χ1v) is 12.0. The standard InChI is InChI=1S/C23H23FN4O2S2/c24-16-2-4-18-20(12-16)30-27-22(18)15-6-9-28(10-7-15)8-1-11-29-23(31)26-17-3-5-19-21(13-17)32-14-25-19/h2-5,12-15H,1,6-11H2,(H,26,31). The summed E-state index contributed by atoms with van der Waals surface area (Å²) in [6.07, 6.45) is 2.94. The fourth-order valence-corrected chi connectivity index (χ4v) is 5.11. The van der Waals surface area contributed by atoms with Crippen molar-refractivity contribution in [3.05, 3.63) is 53.4 Å². The molecule has 6 nitrogen and oxygen atoms in total. The summed E-state index contributed by atoms with van der Waals surface area (Å²) in [5, 5.41) is 8.68. The number of ether oxygens (including phenoxy) is 1. The van der Waals surface area contributed by atoms with Gasteiger partial charge in [0.25, 0.3) is 5.17 Å². The van der Waals surface area contributed by atoms with Gasteiger partial charge in [-0.05, 0) is 74.9 Å². The topological polar surface area (TPSA) is 63.4 Å². The maximum Gasteiger partial charge on any atom is 0.261 e. The first kappa shape index (κ1) is 21.2. The minimum absolute atomic E-state index is 0.298. The molecule has 4 aromatic rings. The minimum Gasteiger partial charge on any atom is -0.471 e. The van der Waals surface area contributed by atoms with Crippen molar-refractivity contribution < 1.29 is 13.7 Å². The molecule has 0 unspecified atom stereocenters. The predicted molar refractivity (Wildman–Crippen MR) is 129 cm³/mol. The summed E-state index contributed by atoms with van der Waals surface area (Å²) in [4.78, 5) is 6.72. The molecule has 32 heavy (non-hydrogen) atoms. The zero-order valence-electron chi connectivity index (χ0n) is 17.4. The number of hydrogen-bond donors (Lipinski definition) is 1. The third-order valence-electron chi connectivity index (χ3n) is 5.87. The summed E-state index contributed by atoms with van der Waals surface area (Å²) in [6.45, 7) is 3.54. The molecule has 3 heterocycles. The van der Waals surface area contributed by atoms with E-state index in [2.05, 4.69) is 20.4 Å². The monoisotopic (exact) mass is 470 g/mol. The zero-order chi connectivity index (χ0) is 21.9. The van der Waals surface area contributed by atoms with Gasteiger partial charge in [0, 0.05) is 29.6 Å². The van der Waals surface area contributed by atoms with Gasteiger partial charge in [-0.25, -0.2) is 9.37 Å². The van der Waals surface area contributed by atoms with E-state index in [-0.39, 0.29) is 5.82 Å². The average molecular weight is 471 g/mol. The van der Waals surface area contributed by atoms with Crippen molar-refractivity contribution in [3.63, 3.8) is 0 Å². The number of hydrogen-bond acceptors (Lipinski definition) is 7. The Balaban J connectivity index is 1.04. The molecular weight excluding hydrogens is 447 g/mol. The quantitative estimate of drug-likeness (QED) is 0.292. The van der Waals surface area contributed by atoms with Gasteiger partial charge >= 0.3 is 0 Å². The van der Waals surface area contributed by atoms with Crippen LogP contribution in [0.25, 0.3) is 21.2 Å². The van der Waals surface area contributed by atoms with Crippen molar-refractivity contribution in [2.45, 2.75) is 25.2 Å². The van der Waals surface area contributed by atoms with Crippen LogP contribution in [0.5, 0.6) is 0 Å². The molecule has 0 radical (unpaired) electrons. The lowest BCUT2D eigenvalue weighted by atomic mass is 9.91. The van der Waals surface area contributed by atoms with Crippen LogP contribution < -0.4 is 5.32 Å². The number of piperidine rings is 1. The molecule has 1 saturated heterocycles. The van der Waals surface area contributed by atoms with Crippen molar-refractivity contribution in [3.8, 4) is 0 Å². The van der Waals surface area contributed by atoms with Gasteiger partial charge in [0.15, 0.2) is 5.58 Å². The van der Waals surface area contributed by atoms with Crippen LogP contribution in [0.3, 0.4) is 0 Å². The van der Waals surface area contributed by atoms with E-state index in [1.807, 2.05) is 23.7 Å². The Labute approximate surface area is 194 Å². The molecule has 166 valence electrons. The maximum atomic E-state index is 13.4. The van der Waals surface area contributed by atoms with Crippen LogP contribution in [0.2, 0.25) is 0 Å². The minimum atomic E-state index is -0.298. The smallest absolute Gasteiger partial charge is 0.261 e. The van der Waals surface area contributed by atoms with Crippen molar-refractivity contribution >= 4 is 55.6 Å². The van der Waals surface area contributed by atoms with Gasteiger partial charge in [-0.3, -0.25) is 0 Å². The third-order valence-corrected chi connectivity index (χ3v) is 6.88. The Bertz CT molecular complexity index is 1230. The Morgan fingerprint density at radius 3 is 3.00 bits per heavy atom. The van der Waals surface area contributed by atoms with Crippen LogP contribution in [-0.4, -0.2) is 46.5 Å². The van der Waals surface area contributed by atoms with E-state index < -0.39 is 0 Å². The van der Waals surface area contributed by atoms with Crippen LogP contribution >= 0.6 is 23.6 Å². The summed E-state index contributed by atoms with van der Waals surface area (Å²) in [6, 6.07) is 10.6. The summed E-state index contributed by atoms with van der Waals surface area (Å²) in [5.41, 5.74) is 5.21. The SMILES string of the molecule is Fc1ccc2c(C3CCN(CCCOC(=S)Nc4ccc5ncsc5c4)CC3)noc2c1. The number of fused-ring (bicyclic) bond motifs is 2. The summed E-state index contributed by atoms with van der Waals surface area (Å²) in [5.74, 6) is 0.0506. The highest BCUT2D eigenvalue weighted by Crippen LogP contribution is 2.32. The highest BCUT2D eigenvalue weighted by Gasteiger charge is 2.25. The van der Waals surface area contributed by atoms with E-state index in [0.717, 1.165) is 65.9 Å². The summed E-state index contributed by atoms with van der Waals surface area (Å²) >= 11 is 6.92. The van der Waals surface area contributed by atoms with Gasteiger partial charge in [-0.15, -0.1) is 11.3 Å². The first-order chi connectivity index (χ1) is 15.7. The molecule has 1 aliphatic rings. The molecule has 0 atom stereocenters. The lowest BCUT2D eigenvalue weighted by Gasteiger charge is -2.31. The van der Waals surface area contributed by atoms with Crippen LogP contribution in [0, 0.1) is 5.82 Å². The average Bonchev–Trinajstić information content (AvgIpc) is 3.43. The van der Waals surface area contributed by atoms with Gasteiger partial charge in [0.2, 0.25) is 0 Å². The molecule has 1 aliphatic heterocycles. The Morgan fingerprint density at radius 1 is 1.25 bits per heavy atom. The third kappa shape index (κ3) is 4.74. The van der Waals surface area contributed by atoms with Gasteiger partial charge < -0.3 is 19.5 Å². The normalized spacial score (nSPS) is 15.4. The molecule has 9 heteroatoms. The number of anilines is 1. The van der Waals surface area contributed by atoms with Crippen LogP contribution in [0.4, 0.5) is 10.1 Å². The van der Waals surface area contributed by atoms with Gasteiger partial charge in [-0.1, -0.05) is 5.16 Å². The van der Waals surface area contributed by atoms with Crippen molar-refractivity contribution in [2.75, 3.05) is 31.6 Å². The van der Waals surface area contributed by atoms with E-state index in [9.17, 15) is 4.39 Å². The second kappa shape index (κ2) is 9.48. The van der Waals surface area contributed by atoms with Crippen LogP contribution in [0.15, 0.2) is 46.4 Å². The van der Waals surface area contributed by atoms with Gasteiger partial charge in [0.1, 0.15) is 5.82 Å². The predicted octanol–water partition coefficient (Wildman–Crippen LogP) is 5.56. The zero-order valence-corrected chi connectivity index (χ0v) is 19.1. The largest absolute Gasteiger partial charge is 0.471 e. The molecule has 0 amide bonds. The number of nitrogens with zero attached hydrogens (tertiary/aromatic N) is 3. The van der Waals surface area contributed by atoms with E-state index in [0.29, 0.717) is 23.3 Å². The number of likely N-dealkylation sites (tertiary alicyclic amines) is 1. The highest BCUT2D eigenvalue weighted by molar-refractivity contribution is 7.80. The Morgan fingerprint density at radius 2 is 2.12 bits per heavy atom. The number of nitrogens with one attached hydrogen (secondary N) is 1. The summed E-state index contributed by atoms with van der Waals surface area (Å²) in [7, 11) is 0. The van der Waals surface area contributed by atoms with Crippen molar-refractivity contribution in [1.29, 1.82) is 0 Å². The van der Waals surface area contributed by atoms with E-state index in [1.165, 1.54) is 12.1 Å². The van der Waals surface area contributed by atoms with Crippen LogP contribution in [-0.2, 0) is 4.74 Å². The molecule has 0 aliphatic carbocycles. The van der Waals surface area contributed by atoms with E-state index in [4.69, 9.17) is 21.5 Å². The van der Waals surface area contributed by atoms with E-state index in [1.54, 1.807) is 17.4 Å². The number of aromatic nitrogens is 2. The number of thiazole rings is 1. The first-order valence-electron chi connectivity index (χ1n) is 10.7. The van der Waals surface area contributed by atoms with E-state index >= 15 is 0 Å². The van der Waals surface area contributed by atoms with Crippen LogP contribution in [0.1, 0.15) is 30.9 Å². The molecule has 5 rings (SSSR count). The Hall–Kier alpha value is -2.62. The number of benzene rings is 2. The molecule has 0 saturated carbocycles. The second-order valence-electron chi connectivity index (χ2n) is 7.97. The lowest BCUT2D eigenvalue weighted by molar-refractivity contribution is 0.189. The van der Waals surface area contributed by atoms with Gasteiger partial charge in [0.05, 0.1) is 28.0 Å². The highest BCUT2D eigenvalue weighted by atomic mass is 32.1. The fraction of sp³-hybridized carbons (Fsp3) is 0.348. The van der Waals surface area contributed by atoms with Crippen molar-refractivity contribution in [2.24, 2.45) is 0 Å². The fourth-order valence-electron chi connectivity index (χ4n) is 4.20. The number of thiocarbonyl (C=S) groups is 1. The molecule has 0 bridgehead atoms. The summed E-state index contributed by atoms with van der Waals surface area (Å²) < 4.78 is 25.5. The van der Waals surface area contributed by atoms with Crippen molar-refractivity contribution in [1.82, 2.24) is 15.0 Å². The lowest BCUT2D eigenvalue weighted by Crippen LogP contribution is -2.34. The number of halogens is 1. The maximum absolute atomic E-state index is 13.4. The molecular formula is C23H23FN4O2S2. The molecule has 2 aromatic heterocycles. The molecule has 0 spiro atoms. The molecule has 2 aromatic carbocycles. The number of rotatable bonds is 6. The van der Waals surface area contributed by atoms with Gasteiger partial charge in [-0.2, -0.15) is 0 Å².